The van der Waals surface area contributed by atoms with Gasteiger partial charge in [0.15, 0.2) is 0 Å². The van der Waals surface area contributed by atoms with Crippen molar-refractivity contribution in [2.75, 3.05) is 0 Å². The lowest BCUT2D eigenvalue weighted by atomic mass is 9.44. The van der Waals surface area contributed by atoms with Crippen molar-refractivity contribution in [1.29, 1.82) is 0 Å². The van der Waals surface area contributed by atoms with E-state index in [1.165, 1.54) is 0 Å². The highest BCUT2D eigenvalue weighted by molar-refractivity contribution is 7.95. The first-order chi connectivity index (χ1) is 19.0. The van der Waals surface area contributed by atoms with E-state index in [1.807, 2.05) is 6.92 Å². The molecular weight excluding hydrogens is 579 g/mol. The van der Waals surface area contributed by atoms with Crippen LogP contribution in [0.5, 0.6) is 0 Å². The van der Waals surface area contributed by atoms with Gasteiger partial charge in [-0.05, 0) is 60.7 Å². The van der Waals surface area contributed by atoms with Crippen LogP contribution >= 0.6 is 12.0 Å². The molecule has 41 heavy (non-hydrogen) atoms. The van der Waals surface area contributed by atoms with Crippen molar-refractivity contribution < 1.29 is 60.5 Å². The van der Waals surface area contributed by atoms with Gasteiger partial charge in [0.1, 0.15) is 29.4 Å². The van der Waals surface area contributed by atoms with E-state index in [-0.39, 0.29) is 71.1 Å². The predicted octanol–water partition coefficient (Wildman–Crippen LogP) is 6.13. The third kappa shape index (κ3) is 5.82. The van der Waals surface area contributed by atoms with Crippen molar-refractivity contribution in [1.82, 2.24) is 0 Å². The van der Waals surface area contributed by atoms with Crippen molar-refractivity contribution in [3.63, 3.8) is 0 Å². The highest BCUT2D eigenvalue weighted by Crippen LogP contribution is 2.66. The van der Waals surface area contributed by atoms with Crippen LogP contribution in [0.1, 0.15) is 78.6 Å². The lowest BCUT2D eigenvalue weighted by molar-refractivity contribution is -0.434. The van der Waals surface area contributed by atoms with E-state index < -0.39 is 47.4 Å². The minimum absolute atomic E-state index is 0.0113. The number of fused-ring (bicyclic) bond motifs is 5. The molecule has 0 amide bonds. The Morgan fingerprint density at radius 1 is 1.07 bits per heavy atom. The van der Waals surface area contributed by atoms with Crippen LogP contribution in [0.4, 0.5) is 22.0 Å². The summed E-state index contributed by atoms with van der Waals surface area (Å²) in [7, 11) is 0. The molecule has 9 atom stereocenters. The molecule has 232 valence electrons. The molecule has 0 bridgehead atoms. The molecule has 1 N–H and O–H groups in total. The fourth-order valence-electron chi connectivity index (χ4n) is 8.56. The van der Waals surface area contributed by atoms with Gasteiger partial charge in [0, 0.05) is 43.4 Å². The monoisotopic (exact) mass is 614 g/mol. The van der Waals surface area contributed by atoms with Crippen LogP contribution in [0.3, 0.4) is 0 Å². The van der Waals surface area contributed by atoms with Gasteiger partial charge in [-0.2, -0.15) is 22.0 Å². The van der Waals surface area contributed by atoms with Crippen LogP contribution in [0.2, 0.25) is 0 Å². The molecule has 14 heteroatoms. The van der Waals surface area contributed by atoms with Gasteiger partial charge in [0.25, 0.3) is 6.10 Å². The average Bonchev–Trinajstić information content (AvgIpc) is 3.24. The van der Waals surface area contributed by atoms with Crippen LogP contribution in [-0.2, 0) is 33.3 Å². The summed E-state index contributed by atoms with van der Waals surface area (Å²) in [6.45, 7) is 5.70. The maximum Gasteiger partial charge on any atom is 0.432 e. The van der Waals surface area contributed by atoms with Crippen LogP contribution < -0.4 is 0 Å². The van der Waals surface area contributed by atoms with Crippen LogP contribution in [-0.4, -0.2) is 46.1 Å². The number of esters is 1. The summed E-state index contributed by atoms with van der Waals surface area (Å²) in [5.41, 5.74) is -1.14. The maximum atomic E-state index is 13.9. The second-order valence-electron chi connectivity index (χ2n) is 12.7. The molecule has 0 radical (unpaired) electrons. The molecule has 0 aromatic rings. The van der Waals surface area contributed by atoms with Gasteiger partial charge >= 0.3 is 17.4 Å². The second-order valence-corrected chi connectivity index (χ2v) is 13.5. The highest BCUT2D eigenvalue weighted by atomic mass is 32.2. The minimum atomic E-state index is -5.64. The fraction of sp³-hybridized carbons (Fsp3) is 0.852. The number of Topliss-reactive ketones (excluding diaryl/α,β-unsaturated/α-hetero) is 3. The summed E-state index contributed by atoms with van der Waals surface area (Å²) in [6.07, 6.45) is -6.92. The topological polar surface area (TPSA) is 116 Å². The van der Waals surface area contributed by atoms with E-state index in [0.717, 1.165) is 0 Å². The number of ether oxygens (including phenoxy) is 1. The van der Waals surface area contributed by atoms with Gasteiger partial charge in [0.2, 0.25) is 0 Å². The van der Waals surface area contributed by atoms with E-state index in [2.05, 4.69) is 21.0 Å². The van der Waals surface area contributed by atoms with Crippen molar-refractivity contribution in [3.05, 3.63) is 0 Å². The highest BCUT2D eigenvalue weighted by Gasteiger charge is 2.66. The summed E-state index contributed by atoms with van der Waals surface area (Å²) < 4.78 is 75.1. The van der Waals surface area contributed by atoms with Crippen LogP contribution in [0.15, 0.2) is 0 Å². The summed E-state index contributed by atoms with van der Waals surface area (Å²) in [6, 6.07) is 0. The van der Waals surface area contributed by atoms with Gasteiger partial charge < -0.3 is 4.74 Å². The molecule has 0 aromatic heterocycles. The molecular formula is C27H35F5O8S. The second kappa shape index (κ2) is 11.5. The Balaban J connectivity index is 1.44. The number of hydrogen-bond donors (Lipinski definition) is 1. The van der Waals surface area contributed by atoms with E-state index in [1.54, 1.807) is 6.92 Å². The SMILES string of the molecule is CC(CCC(=O)OC(C(F)(F)F)C(F)(F)SOOO)[C@H]1CC[C@H]2[C@@H]3C(=O)C[C@@H]4CC(=O)CC[C@]4(C)[C@H]3CC(=O)[C@]12C. The predicted molar refractivity (Wildman–Crippen MR) is 133 cm³/mol. The smallest absolute Gasteiger partial charge is 0.432 e. The molecule has 4 aliphatic carbocycles. The molecule has 0 spiro atoms. The standard InChI is InChI=1S/C27H35F5O8S/c1-13(4-7-21(36)38-23(26(28,29)30)27(31,32)41-40-39-37)16-5-6-17-22-18(12-20(35)25(16,17)3)24(2)9-8-15(33)10-14(24)11-19(22)34/h13-14,16-18,22-23,37H,4-12H2,1-3H3/t13?,14-,16+,17-,18-,22-,23?,24-,25+/m0/s1. The molecule has 4 saturated carbocycles. The average molecular weight is 615 g/mol. The normalized spacial score (nSPS) is 37.2. The molecule has 8 nitrogen and oxygen atoms in total. The van der Waals surface area contributed by atoms with Gasteiger partial charge in [0.05, 0.1) is 0 Å². The van der Waals surface area contributed by atoms with E-state index in [0.29, 0.717) is 38.5 Å². The van der Waals surface area contributed by atoms with Gasteiger partial charge in [-0.3, -0.25) is 19.2 Å². The number of ketones is 3. The molecule has 2 unspecified atom stereocenters. The Kier molecular flexibility index (Phi) is 9.02. The first-order valence-electron chi connectivity index (χ1n) is 13.8. The largest absolute Gasteiger partial charge is 0.445 e. The first kappa shape index (κ1) is 32.3. The molecule has 4 fully saturated rings. The quantitative estimate of drug-likeness (QED) is 0.108. The Labute approximate surface area is 238 Å². The number of hydrogen-bond acceptors (Lipinski definition) is 9. The zero-order chi connectivity index (χ0) is 30.5. The summed E-state index contributed by atoms with van der Waals surface area (Å²) >= 11 is -1.16. The van der Waals surface area contributed by atoms with Crippen molar-refractivity contribution in [3.8, 4) is 0 Å². The van der Waals surface area contributed by atoms with Gasteiger partial charge in [-0.15, -0.1) is 4.33 Å². The third-order valence-electron chi connectivity index (χ3n) is 10.7. The number of halogens is 5. The molecule has 0 heterocycles. The summed E-state index contributed by atoms with van der Waals surface area (Å²) in [5, 5.41) is 6.12. The van der Waals surface area contributed by atoms with Crippen molar-refractivity contribution >= 4 is 35.4 Å². The Hall–Kier alpha value is -1.64. The molecule has 0 aromatic carbocycles. The Bertz CT molecular complexity index is 1070. The zero-order valence-electron chi connectivity index (χ0n) is 23.0. The van der Waals surface area contributed by atoms with E-state index in [9.17, 15) is 41.1 Å². The summed E-state index contributed by atoms with van der Waals surface area (Å²) in [4.78, 5) is 51.7. The molecule has 4 aliphatic rings. The number of alkyl halides is 5. The minimum Gasteiger partial charge on any atom is -0.445 e. The van der Waals surface area contributed by atoms with Gasteiger partial charge in [-0.25, -0.2) is 5.26 Å². The maximum absolute atomic E-state index is 13.9. The molecule has 4 rings (SSSR count). The first-order valence-corrected chi connectivity index (χ1v) is 14.6. The summed E-state index contributed by atoms with van der Waals surface area (Å²) in [5.74, 6) is -2.60. The Morgan fingerprint density at radius 2 is 1.76 bits per heavy atom. The van der Waals surface area contributed by atoms with Crippen LogP contribution in [0, 0.1) is 46.3 Å². The number of carbonyl (C=O) groups is 4. The van der Waals surface area contributed by atoms with Gasteiger partial charge in [-0.1, -0.05) is 25.8 Å². The van der Waals surface area contributed by atoms with Crippen molar-refractivity contribution in [2.24, 2.45) is 46.3 Å². The third-order valence-corrected chi connectivity index (χ3v) is 11.3. The lowest BCUT2D eigenvalue weighted by Gasteiger charge is -2.58. The number of rotatable bonds is 9. The lowest BCUT2D eigenvalue weighted by Crippen LogP contribution is -2.60. The van der Waals surface area contributed by atoms with E-state index in [4.69, 9.17) is 5.26 Å². The Morgan fingerprint density at radius 3 is 2.39 bits per heavy atom. The number of carbonyl (C=O) groups excluding carboxylic acids is 4. The zero-order valence-corrected chi connectivity index (χ0v) is 23.8. The fourth-order valence-corrected chi connectivity index (χ4v) is 8.95. The molecule has 0 saturated heterocycles. The van der Waals surface area contributed by atoms with Crippen molar-refractivity contribution in [2.45, 2.75) is 96.1 Å². The molecule has 0 aliphatic heterocycles. The van der Waals surface area contributed by atoms with Crippen LogP contribution in [0.25, 0.3) is 0 Å². The van der Waals surface area contributed by atoms with E-state index >= 15 is 0 Å².